The molecule has 100 heavy (non-hydrogen) atoms. The molecule has 2 aliphatic heterocycles. The molecule has 0 aromatic heterocycles. The lowest BCUT2D eigenvalue weighted by molar-refractivity contribution is -0.171. The molecule has 2 aromatic carbocycles. The third kappa shape index (κ3) is 39.4. The Morgan fingerprint density at radius 3 is 1.25 bits per heavy atom. The molecular formula is C77H146N4O17S2. The fraction of sp³-hybridized carbons (Fsp3) is 0.844. The molecule has 2 aliphatic rings. The van der Waals surface area contributed by atoms with Gasteiger partial charge in [-0.3, -0.25) is 8.37 Å². The van der Waals surface area contributed by atoms with Gasteiger partial charge in [-0.15, -0.1) is 0 Å². The highest BCUT2D eigenvalue weighted by Gasteiger charge is 2.50. The summed E-state index contributed by atoms with van der Waals surface area (Å²) < 4.78 is 84.5. The molecule has 21 nitrogen and oxygen atoms in total. The van der Waals surface area contributed by atoms with Gasteiger partial charge < -0.3 is 60.4 Å². The highest BCUT2D eigenvalue weighted by molar-refractivity contribution is 7.87. The van der Waals surface area contributed by atoms with Crippen LogP contribution in [0.15, 0.2) is 63.4 Å². The molecule has 0 amide bonds. The van der Waals surface area contributed by atoms with Crippen molar-refractivity contribution < 1.29 is 79.9 Å². The quantitative estimate of drug-likeness (QED) is 0.0150. The summed E-state index contributed by atoms with van der Waals surface area (Å²) in [7, 11) is -7.95. The van der Waals surface area contributed by atoms with Crippen LogP contribution in [0, 0.1) is 53.3 Å². The number of aliphatic hydroxyl groups excluding tert-OH is 6. The van der Waals surface area contributed by atoms with Crippen molar-refractivity contribution in [2.45, 2.75) is 358 Å². The highest BCUT2D eigenvalue weighted by atomic mass is 32.2. The topological polar surface area (TPSA) is 340 Å². The number of aliphatic hydroxyl groups is 7. The Hall–Kier alpha value is -2.91. The van der Waals surface area contributed by atoms with Crippen molar-refractivity contribution in [3.05, 3.63) is 70.1 Å². The van der Waals surface area contributed by atoms with Gasteiger partial charge in [0.15, 0.2) is 11.6 Å². The summed E-state index contributed by atoms with van der Waals surface area (Å²) in [5.74, 6) is 1.10. The van der Waals surface area contributed by atoms with Crippen LogP contribution in [0.2, 0.25) is 0 Å². The third-order valence-electron chi connectivity index (χ3n) is 17.4. The zero-order valence-electron chi connectivity index (χ0n) is 66.4. The number of benzene rings is 2. The van der Waals surface area contributed by atoms with Gasteiger partial charge in [0.2, 0.25) is 0 Å². The first-order chi connectivity index (χ1) is 44.6. The summed E-state index contributed by atoms with van der Waals surface area (Å²) in [5.41, 5.74) is 11.1. The fourth-order valence-electron chi connectivity index (χ4n) is 12.7. The second-order valence-electron chi connectivity index (χ2n) is 35.8. The SMILES string of the molecule is C.CC(C)(C)CC(C)(N=[N+]=[N-])C(O)CO.CC(C)(C)CC(C)(O)C1COC(C)(C)O1.CC(C)CCCC(C)CCCC(C)CCCC(C)(N)C(O)CO.Cc1ccc(S(=O)(=O)OC(C)(CC(C)(C)C)C(O)CO)cc1.Cc1ccc(S(=O)(=O)OC(C)(CC(C)(C)C)C2COC(C)(C)O2)cc1. The van der Waals surface area contributed by atoms with Crippen LogP contribution in [0.1, 0.15) is 275 Å². The fourth-order valence-corrected chi connectivity index (χ4v) is 15.1. The average molecular weight is 1460 g/mol. The lowest BCUT2D eigenvalue weighted by Crippen LogP contribution is -2.49. The Bertz CT molecular complexity index is 2890. The summed E-state index contributed by atoms with van der Waals surface area (Å²) in [6, 6.07) is 12.9. The minimum Gasteiger partial charge on any atom is -0.394 e. The van der Waals surface area contributed by atoms with Gasteiger partial charge >= 0.3 is 0 Å². The number of rotatable bonds is 31. The van der Waals surface area contributed by atoms with E-state index in [9.17, 15) is 42.4 Å². The van der Waals surface area contributed by atoms with Gasteiger partial charge in [0.25, 0.3) is 20.2 Å². The Morgan fingerprint density at radius 2 is 0.910 bits per heavy atom. The summed E-state index contributed by atoms with van der Waals surface area (Å²) >= 11 is 0. The van der Waals surface area contributed by atoms with E-state index in [1.54, 1.807) is 50.2 Å². The lowest BCUT2D eigenvalue weighted by Gasteiger charge is -2.38. The number of nitrogens with zero attached hydrogens (tertiary/aromatic N) is 3. The van der Waals surface area contributed by atoms with E-state index in [1.807, 2.05) is 118 Å². The second kappa shape index (κ2) is 41.3. The predicted octanol–water partition coefficient (Wildman–Crippen LogP) is 15.6. The van der Waals surface area contributed by atoms with E-state index in [2.05, 4.69) is 58.5 Å². The first-order valence-electron chi connectivity index (χ1n) is 35.7. The molecule has 2 saturated heterocycles. The van der Waals surface area contributed by atoms with Crippen LogP contribution < -0.4 is 5.73 Å². The van der Waals surface area contributed by atoms with Gasteiger partial charge in [-0.2, -0.15) is 16.8 Å². The Balaban J connectivity index is 0. The second-order valence-corrected chi connectivity index (χ2v) is 38.9. The molecule has 0 radical (unpaired) electrons. The smallest absolute Gasteiger partial charge is 0.297 e. The molecule has 0 spiro atoms. The molecule has 12 unspecified atom stereocenters. The molecule has 0 bridgehead atoms. The predicted molar refractivity (Wildman–Crippen MR) is 403 cm³/mol. The number of ether oxygens (including phenoxy) is 4. The maximum Gasteiger partial charge on any atom is 0.297 e. The average Bonchev–Trinajstić information content (AvgIpc) is 1.40. The summed E-state index contributed by atoms with van der Waals surface area (Å²) in [4.78, 5) is 2.90. The molecule has 2 aromatic rings. The maximum atomic E-state index is 12.8. The summed E-state index contributed by atoms with van der Waals surface area (Å²) in [6.45, 7) is 52.8. The molecule has 23 heteroatoms. The standard InChI is InChI=1S/C20H43NO2.C19H30O5S.C16H26O5S.C12H24O3.C9H19N3O2.CH4/c1-16(2)9-6-10-17(3)11-7-12-18(4)13-8-14-20(5,21)19(23)15-22;1-14-8-10-15(11-9-14)25(20,21)24-19(7,13-17(2,3)4)16-12-22-18(5,6)23-16;1-12-6-8-13(9-7-12)22(19,20)21-16(5,14(18)10-17)11-15(2,3)4;1-10(2,3)8-12(6,13)9-7-14-11(4,5)15-9;1-8(2,3)6-9(4,11-12-10)7(14)5-13;/h16-19,22-23H,6-15,21H2,1-5H3;8-11,16H,12-13H2,1-7H3;6-9,14,17-18H,10-11H2,1-5H3;9,13H,7-8H2,1-6H3;7,13-14H,5-6H2,1-4H3;1H4. The van der Waals surface area contributed by atoms with E-state index in [1.165, 1.54) is 57.6 Å². The highest BCUT2D eigenvalue weighted by Crippen LogP contribution is 2.42. The van der Waals surface area contributed by atoms with Gasteiger partial charge in [-0.1, -0.05) is 217 Å². The van der Waals surface area contributed by atoms with Crippen LogP contribution in [0.3, 0.4) is 0 Å². The minimum absolute atomic E-state index is 0. The minimum atomic E-state index is -4.03. The normalized spacial score (nSPS) is 21.0. The van der Waals surface area contributed by atoms with Crippen molar-refractivity contribution in [1.82, 2.24) is 0 Å². The van der Waals surface area contributed by atoms with Crippen LogP contribution in [0.4, 0.5) is 0 Å². The molecule has 4 rings (SSSR count). The molecule has 12 atom stereocenters. The van der Waals surface area contributed by atoms with Crippen molar-refractivity contribution in [3.8, 4) is 0 Å². The van der Waals surface area contributed by atoms with E-state index in [0.29, 0.717) is 32.5 Å². The van der Waals surface area contributed by atoms with Crippen molar-refractivity contribution in [2.24, 2.45) is 50.3 Å². The van der Waals surface area contributed by atoms with Crippen LogP contribution >= 0.6 is 0 Å². The molecule has 9 N–H and O–H groups in total. The third-order valence-corrected chi connectivity index (χ3v) is 20.3. The van der Waals surface area contributed by atoms with E-state index in [0.717, 1.165) is 48.1 Å². The lowest BCUT2D eigenvalue weighted by atomic mass is 9.78. The molecule has 0 saturated carbocycles. The van der Waals surface area contributed by atoms with Gasteiger partial charge in [0, 0.05) is 10.5 Å². The van der Waals surface area contributed by atoms with E-state index in [4.69, 9.17) is 48.8 Å². The van der Waals surface area contributed by atoms with Crippen LogP contribution in [0.5, 0.6) is 0 Å². The molecular weight excluding hydrogens is 1320 g/mol. The van der Waals surface area contributed by atoms with Gasteiger partial charge in [-0.05, 0) is 171 Å². The zero-order valence-corrected chi connectivity index (χ0v) is 68.0. The van der Waals surface area contributed by atoms with Gasteiger partial charge in [0.1, 0.15) is 29.5 Å². The van der Waals surface area contributed by atoms with Gasteiger partial charge in [-0.25, -0.2) is 0 Å². The molecule has 2 fully saturated rings. The van der Waals surface area contributed by atoms with E-state index < -0.39 is 97.3 Å². The zero-order chi connectivity index (χ0) is 77.5. The van der Waals surface area contributed by atoms with Crippen LogP contribution in [-0.2, 0) is 47.5 Å². The largest absolute Gasteiger partial charge is 0.394 e. The van der Waals surface area contributed by atoms with Crippen molar-refractivity contribution in [2.75, 3.05) is 33.0 Å². The van der Waals surface area contributed by atoms with E-state index >= 15 is 0 Å². The number of aryl methyl sites for hydroxylation is 2. The van der Waals surface area contributed by atoms with Crippen molar-refractivity contribution in [3.63, 3.8) is 0 Å². The summed E-state index contributed by atoms with van der Waals surface area (Å²) in [6.07, 6.45) is 9.18. The van der Waals surface area contributed by atoms with E-state index in [-0.39, 0.29) is 58.0 Å². The van der Waals surface area contributed by atoms with Crippen molar-refractivity contribution >= 4 is 20.2 Å². The molecule has 588 valence electrons. The van der Waals surface area contributed by atoms with Gasteiger partial charge in [0.05, 0.1) is 66.2 Å². The number of azide groups is 1. The number of hydrogen-bond donors (Lipinski definition) is 8. The summed E-state index contributed by atoms with van der Waals surface area (Å²) in [5, 5.41) is 70.4. The molecule has 0 aliphatic carbocycles. The maximum absolute atomic E-state index is 12.8. The molecule has 2 heterocycles. The van der Waals surface area contributed by atoms with Crippen LogP contribution in [-0.4, -0.2) is 156 Å². The Morgan fingerprint density at radius 1 is 0.550 bits per heavy atom. The number of nitrogens with two attached hydrogens (primary N) is 1. The Kier molecular flexibility index (Phi) is 40.9. The Labute approximate surface area is 608 Å². The van der Waals surface area contributed by atoms with Crippen molar-refractivity contribution in [1.29, 1.82) is 0 Å². The first-order valence-corrected chi connectivity index (χ1v) is 38.5. The monoisotopic (exact) mass is 1460 g/mol. The number of hydrogen-bond acceptors (Lipinski definition) is 19. The van der Waals surface area contributed by atoms with Crippen LogP contribution in [0.25, 0.3) is 10.4 Å². The first kappa shape index (κ1) is 99.1.